The Labute approximate surface area is 186 Å². The molecule has 1 heterocycles. The Morgan fingerprint density at radius 3 is 2.47 bits per heavy atom. The number of hydrogen-bond donors (Lipinski definition) is 3. The molecule has 8 heteroatoms. The van der Waals surface area contributed by atoms with E-state index in [0.29, 0.717) is 23.6 Å². The van der Waals surface area contributed by atoms with E-state index < -0.39 is 10.0 Å². The van der Waals surface area contributed by atoms with Gasteiger partial charge in [0.05, 0.1) is 21.6 Å². The van der Waals surface area contributed by atoms with Gasteiger partial charge in [0.25, 0.3) is 0 Å². The summed E-state index contributed by atoms with van der Waals surface area (Å²) in [6.45, 7) is 2.04. The minimum Gasteiger partial charge on any atom is -0.338 e. The average Bonchev–Trinajstić information content (AvgIpc) is 3.22. The number of amides is 1. The maximum absolute atomic E-state index is 12.5. The number of benzene rings is 3. The fraction of sp³-hybridized carbons (Fsp3) is 0.0833. The van der Waals surface area contributed by atoms with Gasteiger partial charge >= 0.3 is 0 Å². The number of anilines is 1. The summed E-state index contributed by atoms with van der Waals surface area (Å²) < 4.78 is 26.5. The van der Waals surface area contributed by atoms with Gasteiger partial charge in [0.1, 0.15) is 5.82 Å². The van der Waals surface area contributed by atoms with Gasteiger partial charge in [0, 0.05) is 18.2 Å². The van der Waals surface area contributed by atoms with Crippen LogP contribution in [0, 0.1) is 0 Å². The molecule has 1 aromatic heterocycles. The number of fused-ring (bicyclic) bond motifs is 1. The monoisotopic (exact) mass is 446 g/mol. The van der Waals surface area contributed by atoms with Crippen LogP contribution in [0.1, 0.15) is 12.5 Å². The van der Waals surface area contributed by atoms with Crippen molar-refractivity contribution in [2.45, 2.75) is 11.8 Å². The quantitative estimate of drug-likeness (QED) is 0.371. The first kappa shape index (κ1) is 21.5. The van der Waals surface area contributed by atoms with E-state index in [1.165, 1.54) is 18.2 Å². The first-order valence-electron chi connectivity index (χ1n) is 10.1. The number of aromatic nitrogens is 2. The van der Waals surface area contributed by atoms with Crippen molar-refractivity contribution in [3.05, 3.63) is 84.4 Å². The number of nitrogens with one attached hydrogen (secondary N) is 3. The standard InChI is InChI=1S/C24H22N4O3S/c1-2-25-32(30,31)18-14-11-17(12-15-18)13-16-23(29)26-20-8-4-3-7-19(20)24-27-21-9-5-6-10-22(21)28-24/h3-16,25H,2H2,1H3,(H,26,29)(H,27,28). The molecule has 162 valence electrons. The molecule has 0 saturated heterocycles. The predicted molar refractivity (Wildman–Crippen MR) is 126 cm³/mol. The summed E-state index contributed by atoms with van der Waals surface area (Å²) in [5.74, 6) is 0.362. The second kappa shape index (κ2) is 9.17. The molecule has 0 aliphatic carbocycles. The van der Waals surface area contributed by atoms with Gasteiger partial charge in [-0.1, -0.05) is 43.3 Å². The van der Waals surface area contributed by atoms with Crippen LogP contribution in [0.15, 0.2) is 83.8 Å². The van der Waals surface area contributed by atoms with E-state index in [4.69, 9.17) is 0 Å². The predicted octanol–water partition coefficient (Wildman–Crippen LogP) is 4.18. The number of sulfonamides is 1. The zero-order valence-electron chi connectivity index (χ0n) is 17.4. The molecule has 32 heavy (non-hydrogen) atoms. The number of carbonyl (C=O) groups excluding carboxylic acids is 1. The maximum atomic E-state index is 12.5. The third kappa shape index (κ3) is 4.77. The smallest absolute Gasteiger partial charge is 0.248 e. The fourth-order valence-electron chi connectivity index (χ4n) is 3.26. The van der Waals surface area contributed by atoms with E-state index >= 15 is 0 Å². The van der Waals surface area contributed by atoms with Crippen LogP contribution in [0.5, 0.6) is 0 Å². The summed E-state index contributed by atoms with van der Waals surface area (Å²) in [5, 5.41) is 2.88. The zero-order chi connectivity index (χ0) is 22.6. The van der Waals surface area contributed by atoms with E-state index in [-0.39, 0.29) is 10.8 Å². The molecular weight excluding hydrogens is 424 g/mol. The lowest BCUT2D eigenvalue weighted by Gasteiger charge is -2.07. The third-order valence-electron chi connectivity index (χ3n) is 4.78. The van der Waals surface area contributed by atoms with Gasteiger partial charge in [0.15, 0.2) is 0 Å². The molecule has 4 rings (SSSR count). The minimum absolute atomic E-state index is 0.181. The van der Waals surface area contributed by atoms with Gasteiger partial charge in [-0.25, -0.2) is 18.1 Å². The van der Waals surface area contributed by atoms with Crippen molar-refractivity contribution in [2.75, 3.05) is 11.9 Å². The third-order valence-corrected chi connectivity index (χ3v) is 6.34. The lowest BCUT2D eigenvalue weighted by molar-refractivity contribution is -0.111. The first-order chi connectivity index (χ1) is 15.5. The van der Waals surface area contributed by atoms with Crippen LogP contribution in [0.4, 0.5) is 5.69 Å². The van der Waals surface area contributed by atoms with Gasteiger partial charge in [-0.2, -0.15) is 0 Å². The van der Waals surface area contributed by atoms with E-state index in [1.807, 2.05) is 48.5 Å². The summed E-state index contributed by atoms with van der Waals surface area (Å²) >= 11 is 0. The van der Waals surface area contributed by atoms with Crippen molar-refractivity contribution >= 4 is 38.7 Å². The number of nitrogens with zero attached hydrogens (tertiary/aromatic N) is 1. The van der Waals surface area contributed by atoms with Crippen LogP contribution in [0.2, 0.25) is 0 Å². The minimum atomic E-state index is -3.50. The molecule has 0 spiro atoms. The number of H-pyrrole nitrogens is 1. The average molecular weight is 447 g/mol. The van der Waals surface area contributed by atoms with Crippen molar-refractivity contribution in [2.24, 2.45) is 0 Å². The second-order valence-electron chi connectivity index (χ2n) is 7.04. The number of aromatic amines is 1. The summed E-state index contributed by atoms with van der Waals surface area (Å²) in [7, 11) is -3.50. The van der Waals surface area contributed by atoms with Gasteiger partial charge < -0.3 is 10.3 Å². The van der Waals surface area contributed by atoms with Crippen LogP contribution in [0.25, 0.3) is 28.5 Å². The van der Waals surface area contributed by atoms with Gasteiger partial charge in [0.2, 0.25) is 15.9 Å². The summed E-state index contributed by atoms with van der Waals surface area (Å²) in [6, 6.07) is 21.5. The number of hydrogen-bond acceptors (Lipinski definition) is 4. The molecule has 0 saturated carbocycles. The highest BCUT2D eigenvalue weighted by molar-refractivity contribution is 7.89. The lowest BCUT2D eigenvalue weighted by atomic mass is 10.1. The van der Waals surface area contributed by atoms with Gasteiger partial charge in [-0.05, 0) is 48.0 Å². The van der Waals surface area contributed by atoms with Gasteiger partial charge in [-0.3, -0.25) is 4.79 Å². The molecule has 0 bridgehead atoms. The fourth-order valence-corrected chi connectivity index (χ4v) is 4.30. The second-order valence-corrected chi connectivity index (χ2v) is 8.81. The zero-order valence-corrected chi connectivity index (χ0v) is 18.2. The Kier molecular flexibility index (Phi) is 6.16. The molecule has 0 aliphatic rings. The van der Waals surface area contributed by atoms with Crippen LogP contribution in [-0.2, 0) is 14.8 Å². The molecule has 0 atom stereocenters. The van der Waals surface area contributed by atoms with Crippen LogP contribution < -0.4 is 10.0 Å². The van der Waals surface area contributed by atoms with E-state index in [0.717, 1.165) is 16.6 Å². The molecule has 4 aromatic rings. The number of para-hydroxylation sites is 3. The number of rotatable bonds is 7. The van der Waals surface area contributed by atoms with Crippen LogP contribution >= 0.6 is 0 Å². The Morgan fingerprint density at radius 2 is 1.72 bits per heavy atom. The van der Waals surface area contributed by atoms with Crippen molar-refractivity contribution in [1.82, 2.24) is 14.7 Å². The van der Waals surface area contributed by atoms with E-state index in [2.05, 4.69) is 20.0 Å². The summed E-state index contributed by atoms with van der Waals surface area (Å²) in [5.41, 5.74) is 3.89. The molecule has 3 N–H and O–H groups in total. The van der Waals surface area contributed by atoms with Crippen molar-refractivity contribution in [3.63, 3.8) is 0 Å². The molecular formula is C24H22N4O3S. The van der Waals surface area contributed by atoms with Gasteiger partial charge in [-0.15, -0.1) is 0 Å². The summed E-state index contributed by atoms with van der Waals surface area (Å²) in [4.78, 5) is 20.6. The lowest BCUT2D eigenvalue weighted by Crippen LogP contribution is -2.22. The molecule has 1 amide bonds. The molecule has 0 fully saturated rings. The highest BCUT2D eigenvalue weighted by atomic mass is 32.2. The molecule has 3 aromatic carbocycles. The SMILES string of the molecule is CCNS(=O)(=O)c1ccc(C=CC(=O)Nc2ccccc2-c2nc3ccccc3[nH]2)cc1. The van der Waals surface area contributed by atoms with E-state index in [9.17, 15) is 13.2 Å². The first-order valence-corrected chi connectivity index (χ1v) is 11.6. The van der Waals surface area contributed by atoms with E-state index in [1.54, 1.807) is 25.1 Å². The maximum Gasteiger partial charge on any atom is 0.248 e. The topological polar surface area (TPSA) is 104 Å². The van der Waals surface area contributed by atoms with Crippen molar-refractivity contribution < 1.29 is 13.2 Å². The Hall–Kier alpha value is -3.75. The molecule has 7 nitrogen and oxygen atoms in total. The highest BCUT2D eigenvalue weighted by Gasteiger charge is 2.12. The highest BCUT2D eigenvalue weighted by Crippen LogP contribution is 2.27. The molecule has 0 unspecified atom stereocenters. The van der Waals surface area contributed by atoms with Crippen LogP contribution in [0.3, 0.4) is 0 Å². The Morgan fingerprint density at radius 1 is 1.00 bits per heavy atom. The van der Waals surface area contributed by atoms with Crippen LogP contribution in [-0.4, -0.2) is 30.8 Å². The Bertz CT molecular complexity index is 1360. The largest absolute Gasteiger partial charge is 0.338 e. The molecule has 0 aliphatic heterocycles. The number of imidazole rings is 1. The summed E-state index contributed by atoms with van der Waals surface area (Å²) in [6.07, 6.45) is 3.03. The van der Waals surface area contributed by atoms with Crippen molar-refractivity contribution in [1.29, 1.82) is 0 Å². The molecule has 0 radical (unpaired) electrons. The number of carbonyl (C=O) groups is 1. The Balaban J connectivity index is 1.50. The van der Waals surface area contributed by atoms with Crippen molar-refractivity contribution in [3.8, 4) is 11.4 Å². The normalized spacial score (nSPS) is 11.8.